The van der Waals surface area contributed by atoms with Gasteiger partial charge in [-0.2, -0.15) is 5.10 Å². The Morgan fingerprint density at radius 2 is 2.05 bits per heavy atom. The first-order chi connectivity index (χ1) is 9.99. The molecule has 2 rings (SSSR count). The molecule has 0 bridgehead atoms. The number of carbonyl (C=O) groups is 1. The van der Waals surface area contributed by atoms with Crippen LogP contribution in [0.15, 0.2) is 12.3 Å². The Morgan fingerprint density at radius 1 is 1.38 bits per heavy atom. The minimum absolute atomic E-state index is 0.281. The van der Waals surface area contributed by atoms with Gasteiger partial charge in [0.15, 0.2) is 0 Å². The highest BCUT2D eigenvalue weighted by Gasteiger charge is 2.28. The summed E-state index contributed by atoms with van der Waals surface area (Å²) in [5.41, 5.74) is 1.06. The van der Waals surface area contributed by atoms with E-state index in [4.69, 9.17) is 0 Å². The highest BCUT2D eigenvalue weighted by molar-refractivity contribution is 7.99. The SMILES string of the molecule is CC1CCCC(C)N1C(=O)CSCc1ccn(C(C)C)n1. The zero-order valence-corrected chi connectivity index (χ0v) is 14.4. The number of nitrogens with zero attached hydrogens (tertiary/aromatic N) is 3. The molecule has 0 N–H and O–H groups in total. The molecule has 1 aromatic heterocycles. The van der Waals surface area contributed by atoms with Crippen molar-refractivity contribution in [3.8, 4) is 0 Å². The van der Waals surface area contributed by atoms with Crippen molar-refractivity contribution in [2.45, 2.75) is 70.8 Å². The molecule has 0 aromatic carbocycles. The first kappa shape index (κ1) is 16.4. The molecule has 118 valence electrons. The number of amides is 1. The highest BCUT2D eigenvalue weighted by atomic mass is 32.2. The molecule has 5 heteroatoms. The molecule has 0 radical (unpaired) electrons. The van der Waals surface area contributed by atoms with E-state index in [2.05, 4.69) is 37.7 Å². The number of hydrogen-bond donors (Lipinski definition) is 0. The maximum Gasteiger partial charge on any atom is 0.233 e. The summed E-state index contributed by atoms with van der Waals surface area (Å²) >= 11 is 1.67. The summed E-state index contributed by atoms with van der Waals surface area (Å²) in [6.07, 6.45) is 5.53. The van der Waals surface area contributed by atoms with E-state index in [-0.39, 0.29) is 5.91 Å². The third-order valence-electron chi connectivity index (χ3n) is 4.15. The summed E-state index contributed by atoms with van der Waals surface area (Å²) < 4.78 is 1.96. The van der Waals surface area contributed by atoms with Crippen molar-refractivity contribution in [3.63, 3.8) is 0 Å². The fourth-order valence-electron chi connectivity index (χ4n) is 2.97. The number of aromatic nitrogens is 2. The van der Waals surface area contributed by atoms with Crippen LogP contribution in [0.5, 0.6) is 0 Å². The Kier molecular flexibility index (Phi) is 5.73. The second-order valence-corrected chi connectivity index (χ2v) is 7.29. The van der Waals surface area contributed by atoms with Crippen LogP contribution >= 0.6 is 11.8 Å². The molecular formula is C16H27N3OS. The summed E-state index contributed by atoms with van der Waals surface area (Å²) in [6.45, 7) is 8.57. The van der Waals surface area contributed by atoms with Crippen LogP contribution in [0.2, 0.25) is 0 Å². The minimum atomic E-state index is 0.281. The van der Waals surface area contributed by atoms with E-state index in [9.17, 15) is 4.79 Å². The van der Waals surface area contributed by atoms with E-state index < -0.39 is 0 Å². The monoisotopic (exact) mass is 309 g/mol. The van der Waals surface area contributed by atoms with Crippen molar-refractivity contribution in [1.82, 2.24) is 14.7 Å². The normalized spacial score (nSPS) is 22.8. The van der Waals surface area contributed by atoms with Gasteiger partial charge in [-0.1, -0.05) is 0 Å². The average Bonchev–Trinajstić information content (AvgIpc) is 2.87. The topological polar surface area (TPSA) is 38.1 Å². The largest absolute Gasteiger partial charge is 0.337 e. The zero-order valence-electron chi connectivity index (χ0n) is 13.6. The highest BCUT2D eigenvalue weighted by Crippen LogP contribution is 2.24. The predicted molar refractivity (Wildman–Crippen MR) is 88.4 cm³/mol. The standard InChI is InChI=1S/C16H27N3OS/c1-12(2)18-9-8-15(17-18)10-21-11-16(20)19-13(3)6-5-7-14(19)4/h8-9,12-14H,5-7,10-11H2,1-4H3. The van der Waals surface area contributed by atoms with Gasteiger partial charge in [-0.05, 0) is 53.0 Å². The molecular weight excluding hydrogens is 282 g/mol. The second kappa shape index (κ2) is 7.34. The van der Waals surface area contributed by atoms with Gasteiger partial charge in [0.1, 0.15) is 0 Å². The third kappa shape index (κ3) is 4.25. The fourth-order valence-corrected chi connectivity index (χ4v) is 3.76. The fraction of sp³-hybridized carbons (Fsp3) is 0.750. The number of piperidine rings is 1. The van der Waals surface area contributed by atoms with Crippen molar-refractivity contribution >= 4 is 17.7 Å². The first-order valence-corrected chi connectivity index (χ1v) is 9.07. The van der Waals surface area contributed by atoms with Crippen LogP contribution in [0, 0.1) is 0 Å². The van der Waals surface area contributed by atoms with Crippen LogP contribution in [-0.4, -0.2) is 38.4 Å². The maximum absolute atomic E-state index is 12.4. The third-order valence-corrected chi connectivity index (χ3v) is 5.10. The molecule has 21 heavy (non-hydrogen) atoms. The minimum Gasteiger partial charge on any atom is -0.337 e. The van der Waals surface area contributed by atoms with E-state index in [0.717, 1.165) is 24.3 Å². The molecule has 1 amide bonds. The summed E-state index contributed by atoms with van der Waals surface area (Å²) in [5.74, 6) is 1.65. The molecule has 0 spiro atoms. The number of carbonyl (C=O) groups excluding carboxylic acids is 1. The summed E-state index contributed by atoms with van der Waals surface area (Å²) in [5, 5.41) is 4.52. The van der Waals surface area contributed by atoms with E-state index >= 15 is 0 Å². The van der Waals surface area contributed by atoms with Crippen molar-refractivity contribution in [2.75, 3.05) is 5.75 Å². The van der Waals surface area contributed by atoms with Crippen molar-refractivity contribution < 1.29 is 4.79 Å². The molecule has 1 aliphatic heterocycles. The van der Waals surface area contributed by atoms with Crippen LogP contribution in [0.1, 0.15) is 58.7 Å². The number of thioether (sulfide) groups is 1. The summed E-state index contributed by atoms with van der Waals surface area (Å²) in [6, 6.07) is 3.22. The Labute approximate surface area is 132 Å². The number of likely N-dealkylation sites (tertiary alicyclic amines) is 1. The van der Waals surface area contributed by atoms with Crippen LogP contribution in [0.25, 0.3) is 0 Å². The lowest BCUT2D eigenvalue weighted by molar-refractivity contribution is -0.134. The molecule has 1 aliphatic rings. The molecule has 4 nitrogen and oxygen atoms in total. The molecule has 2 unspecified atom stereocenters. The lowest BCUT2D eigenvalue weighted by atomic mass is 9.98. The molecule has 2 heterocycles. The smallest absolute Gasteiger partial charge is 0.233 e. The summed E-state index contributed by atoms with van der Waals surface area (Å²) in [7, 11) is 0. The van der Waals surface area contributed by atoms with Gasteiger partial charge in [0.05, 0.1) is 11.4 Å². The van der Waals surface area contributed by atoms with Gasteiger partial charge in [-0.3, -0.25) is 9.48 Å². The molecule has 1 saturated heterocycles. The molecule has 0 saturated carbocycles. The van der Waals surface area contributed by atoms with Crippen LogP contribution in [-0.2, 0) is 10.5 Å². The van der Waals surface area contributed by atoms with Crippen LogP contribution < -0.4 is 0 Å². The number of rotatable bonds is 5. The predicted octanol–water partition coefficient (Wildman–Crippen LogP) is 3.49. The Balaban J connectivity index is 1.80. The summed E-state index contributed by atoms with van der Waals surface area (Å²) in [4.78, 5) is 14.5. The van der Waals surface area contributed by atoms with E-state index in [1.807, 2.05) is 16.9 Å². The number of hydrogen-bond acceptors (Lipinski definition) is 3. The van der Waals surface area contributed by atoms with E-state index in [0.29, 0.717) is 23.9 Å². The molecule has 2 atom stereocenters. The van der Waals surface area contributed by atoms with Crippen LogP contribution in [0.3, 0.4) is 0 Å². The second-order valence-electron chi connectivity index (χ2n) is 6.30. The molecule has 0 aliphatic carbocycles. The molecule has 1 fully saturated rings. The maximum atomic E-state index is 12.4. The van der Waals surface area contributed by atoms with Crippen molar-refractivity contribution in [2.24, 2.45) is 0 Å². The van der Waals surface area contributed by atoms with E-state index in [1.54, 1.807) is 11.8 Å². The van der Waals surface area contributed by atoms with Crippen molar-refractivity contribution in [3.05, 3.63) is 18.0 Å². The van der Waals surface area contributed by atoms with Crippen molar-refractivity contribution in [1.29, 1.82) is 0 Å². The Bertz CT molecular complexity index is 462. The van der Waals surface area contributed by atoms with Gasteiger partial charge in [-0.15, -0.1) is 11.8 Å². The first-order valence-electron chi connectivity index (χ1n) is 7.92. The van der Waals surface area contributed by atoms with Gasteiger partial charge in [0.2, 0.25) is 5.91 Å². The lowest BCUT2D eigenvalue weighted by Gasteiger charge is -2.39. The van der Waals surface area contributed by atoms with Gasteiger partial charge >= 0.3 is 0 Å². The van der Waals surface area contributed by atoms with Gasteiger partial charge in [-0.25, -0.2) is 0 Å². The Morgan fingerprint density at radius 3 is 2.62 bits per heavy atom. The zero-order chi connectivity index (χ0) is 15.4. The lowest BCUT2D eigenvalue weighted by Crippen LogP contribution is -2.48. The van der Waals surface area contributed by atoms with Crippen LogP contribution in [0.4, 0.5) is 0 Å². The van der Waals surface area contributed by atoms with Gasteiger partial charge < -0.3 is 4.90 Å². The van der Waals surface area contributed by atoms with E-state index in [1.165, 1.54) is 6.42 Å². The quantitative estimate of drug-likeness (QED) is 0.835. The van der Waals surface area contributed by atoms with Gasteiger partial charge in [0, 0.05) is 30.1 Å². The average molecular weight is 309 g/mol. The molecule has 1 aromatic rings. The van der Waals surface area contributed by atoms with Gasteiger partial charge in [0.25, 0.3) is 0 Å². The Hall–Kier alpha value is -0.970.